The summed E-state index contributed by atoms with van der Waals surface area (Å²) < 4.78 is 5.40. The summed E-state index contributed by atoms with van der Waals surface area (Å²) in [5.41, 5.74) is 3.07. The molecule has 1 unspecified atom stereocenters. The molecule has 0 spiro atoms. The molecule has 2 aromatic rings. The number of ether oxygens (including phenoxy) is 1. The van der Waals surface area contributed by atoms with Crippen molar-refractivity contribution in [1.82, 2.24) is 0 Å². The molecule has 0 saturated heterocycles. The van der Waals surface area contributed by atoms with E-state index < -0.39 is 0 Å². The van der Waals surface area contributed by atoms with E-state index in [9.17, 15) is 4.79 Å². The zero-order valence-corrected chi connectivity index (χ0v) is 10.2. The van der Waals surface area contributed by atoms with E-state index in [1.165, 1.54) is 0 Å². The first-order valence-corrected chi connectivity index (χ1v) is 6.06. The van der Waals surface area contributed by atoms with Gasteiger partial charge in [-0.05, 0) is 11.6 Å². The molecule has 0 fully saturated rings. The molecule has 0 amide bonds. The molecule has 2 heteroatoms. The third kappa shape index (κ3) is 1.61. The summed E-state index contributed by atoms with van der Waals surface area (Å²) in [6.07, 6.45) is 0.541. The van der Waals surface area contributed by atoms with E-state index >= 15 is 0 Å². The topological polar surface area (TPSA) is 26.3 Å². The molecule has 2 nitrogen and oxygen atoms in total. The summed E-state index contributed by atoms with van der Waals surface area (Å²) in [5.74, 6) is 1.21. The number of methoxy groups -OCH3 is 1. The van der Waals surface area contributed by atoms with Gasteiger partial charge in [0, 0.05) is 23.5 Å². The minimum Gasteiger partial charge on any atom is -0.496 e. The lowest BCUT2D eigenvalue weighted by Crippen LogP contribution is -2.00. The van der Waals surface area contributed by atoms with Crippen molar-refractivity contribution < 1.29 is 9.53 Å². The fourth-order valence-corrected chi connectivity index (χ4v) is 2.69. The second-order valence-electron chi connectivity index (χ2n) is 4.51. The average Bonchev–Trinajstić information content (AvgIpc) is 2.77. The highest BCUT2D eigenvalue weighted by Crippen LogP contribution is 2.41. The summed E-state index contributed by atoms with van der Waals surface area (Å²) in [6, 6.07) is 15.8. The first-order valence-electron chi connectivity index (χ1n) is 6.06. The Labute approximate surface area is 106 Å². The molecule has 2 aromatic carbocycles. The first kappa shape index (κ1) is 11.0. The standard InChI is InChI=1S/C16H14O2/c1-18-16-9-5-4-8-13(16)14-10-15(17)12-7-3-2-6-11(12)14/h2-9,14H,10H2,1H3. The van der Waals surface area contributed by atoms with Crippen LogP contribution in [0.5, 0.6) is 5.75 Å². The lowest BCUT2D eigenvalue weighted by molar-refractivity contribution is 0.0991. The Morgan fingerprint density at radius 2 is 1.67 bits per heavy atom. The van der Waals surface area contributed by atoms with Gasteiger partial charge in [0.05, 0.1) is 7.11 Å². The molecule has 90 valence electrons. The van der Waals surface area contributed by atoms with Crippen LogP contribution >= 0.6 is 0 Å². The molecule has 0 N–H and O–H groups in total. The molecule has 1 atom stereocenters. The van der Waals surface area contributed by atoms with Crippen molar-refractivity contribution in [1.29, 1.82) is 0 Å². The molecule has 0 saturated carbocycles. The van der Waals surface area contributed by atoms with Crippen LogP contribution in [-0.2, 0) is 0 Å². The Bertz CT molecular complexity index is 602. The van der Waals surface area contributed by atoms with Gasteiger partial charge in [-0.15, -0.1) is 0 Å². The van der Waals surface area contributed by atoms with Crippen molar-refractivity contribution >= 4 is 5.78 Å². The molecule has 0 aliphatic heterocycles. The normalized spacial score (nSPS) is 17.6. The quantitative estimate of drug-likeness (QED) is 0.801. The third-order valence-corrected chi connectivity index (χ3v) is 3.54. The van der Waals surface area contributed by atoms with Crippen molar-refractivity contribution in [2.45, 2.75) is 12.3 Å². The van der Waals surface area contributed by atoms with Gasteiger partial charge in [0.2, 0.25) is 0 Å². The number of Topliss-reactive ketones (excluding diaryl/α,β-unsaturated/α-hetero) is 1. The van der Waals surface area contributed by atoms with E-state index in [0.29, 0.717) is 6.42 Å². The molecule has 1 aliphatic rings. The summed E-state index contributed by atoms with van der Waals surface area (Å²) in [4.78, 5) is 12.0. The Morgan fingerprint density at radius 3 is 2.44 bits per heavy atom. The van der Waals surface area contributed by atoms with Crippen molar-refractivity contribution in [2.24, 2.45) is 0 Å². The molecule has 3 rings (SSSR count). The molecule has 18 heavy (non-hydrogen) atoms. The van der Waals surface area contributed by atoms with Crippen LogP contribution < -0.4 is 4.74 Å². The SMILES string of the molecule is COc1ccccc1C1CC(=O)c2ccccc21. The van der Waals surface area contributed by atoms with Gasteiger partial charge in [-0.25, -0.2) is 0 Å². The van der Waals surface area contributed by atoms with E-state index in [2.05, 4.69) is 0 Å². The molecule has 0 heterocycles. The average molecular weight is 238 g/mol. The molecule has 0 radical (unpaired) electrons. The predicted molar refractivity (Wildman–Crippen MR) is 70.2 cm³/mol. The van der Waals surface area contributed by atoms with E-state index in [1.54, 1.807) is 7.11 Å². The summed E-state index contributed by atoms with van der Waals surface area (Å²) in [6.45, 7) is 0. The number of hydrogen-bond donors (Lipinski definition) is 0. The van der Waals surface area contributed by atoms with Crippen LogP contribution in [0.3, 0.4) is 0 Å². The smallest absolute Gasteiger partial charge is 0.164 e. The number of carbonyl (C=O) groups excluding carboxylic acids is 1. The number of fused-ring (bicyclic) bond motifs is 1. The van der Waals surface area contributed by atoms with Gasteiger partial charge in [-0.3, -0.25) is 4.79 Å². The number of benzene rings is 2. The van der Waals surface area contributed by atoms with Crippen LogP contribution in [0, 0.1) is 0 Å². The minimum absolute atomic E-state index is 0.129. The van der Waals surface area contributed by atoms with Gasteiger partial charge in [0.15, 0.2) is 5.78 Å². The van der Waals surface area contributed by atoms with Crippen molar-refractivity contribution in [2.75, 3.05) is 7.11 Å². The third-order valence-electron chi connectivity index (χ3n) is 3.54. The van der Waals surface area contributed by atoms with Gasteiger partial charge < -0.3 is 4.74 Å². The molecular weight excluding hydrogens is 224 g/mol. The van der Waals surface area contributed by atoms with Gasteiger partial charge in [0.1, 0.15) is 5.75 Å². The van der Waals surface area contributed by atoms with Gasteiger partial charge in [0.25, 0.3) is 0 Å². The zero-order chi connectivity index (χ0) is 12.5. The van der Waals surface area contributed by atoms with Crippen LogP contribution in [0.2, 0.25) is 0 Å². The number of carbonyl (C=O) groups is 1. The maximum atomic E-state index is 12.0. The van der Waals surface area contributed by atoms with Crippen LogP contribution in [0.15, 0.2) is 48.5 Å². The second kappa shape index (κ2) is 4.30. The first-order chi connectivity index (χ1) is 8.81. The van der Waals surface area contributed by atoms with Gasteiger partial charge in [-0.1, -0.05) is 42.5 Å². The number of hydrogen-bond acceptors (Lipinski definition) is 2. The fraction of sp³-hybridized carbons (Fsp3) is 0.188. The predicted octanol–water partition coefficient (Wildman–Crippen LogP) is 3.41. The highest BCUT2D eigenvalue weighted by molar-refractivity contribution is 6.02. The minimum atomic E-state index is 0.129. The van der Waals surface area contributed by atoms with Crippen molar-refractivity contribution in [3.05, 3.63) is 65.2 Å². The molecular formula is C16H14O2. The maximum Gasteiger partial charge on any atom is 0.164 e. The maximum absolute atomic E-state index is 12.0. The van der Waals surface area contributed by atoms with E-state index in [0.717, 1.165) is 22.4 Å². The van der Waals surface area contributed by atoms with E-state index in [4.69, 9.17) is 4.74 Å². The van der Waals surface area contributed by atoms with Crippen molar-refractivity contribution in [3.8, 4) is 5.75 Å². The second-order valence-corrected chi connectivity index (χ2v) is 4.51. The fourth-order valence-electron chi connectivity index (χ4n) is 2.69. The summed E-state index contributed by atoms with van der Waals surface area (Å²) in [7, 11) is 1.67. The van der Waals surface area contributed by atoms with Crippen LogP contribution in [-0.4, -0.2) is 12.9 Å². The van der Waals surface area contributed by atoms with Gasteiger partial charge >= 0.3 is 0 Å². The lowest BCUT2D eigenvalue weighted by atomic mass is 9.92. The lowest BCUT2D eigenvalue weighted by Gasteiger charge is -2.14. The van der Waals surface area contributed by atoms with Crippen LogP contribution in [0.4, 0.5) is 0 Å². The molecule has 0 bridgehead atoms. The largest absolute Gasteiger partial charge is 0.496 e. The van der Waals surface area contributed by atoms with Crippen molar-refractivity contribution in [3.63, 3.8) is 0 Å². The summed E-state index contributed by atoms with van der Waals surface area (Å²) >= 11 is 0. The monoisotopic (exact) mass is 238 g/mol. The molecule has 1 aliphatic carbocycles. The number of para-hydroxylation sites is 1. The Hall–Kier alpha value is -2.09. The van der Waals surface area contributed by atoms with E-state index in [1.807, 2.05) is 48.5 Å². The van der Waals surface area contributed by atoms with E-state index in [-0.39, 0.29) is 11.7 Å². The summed E-state index contributed by atoms with van der Waals surface area (Å²) in [5, 5.41) is 0. The number of rotatable bonds is 2. The zero-order valence-electron chi connectivity index (χ0n) is 10.2. The highest BCUT2D eigenvalue weighted by Gasteiger charge is 2.31. The Balaban J connectivity index is 2.12. The van der Waals surface area contributed by atoms with Crippen LogP contribution in [0.25, 0.3) is 0 Å². The Morgan fingerprint density at radius 1 is 1.00 bits per heavy atom. The molecule has 0 aromatic heterocycles. The Kier molecular flexibility index (Phi) is 2.63. The van der Waals surface area contributed by atoms with Crippen LogP contribution in [0.1, 0.15) is 33.8 Å². The number of ketones is 1. The van der Waals surface area contributed by atoms with Gasteiger partial charge in [-0.2, -0.15) is 0 Å². The highest BCUT2D eigenvalue weighted by atomic mass is 16.5.